The SMILES string of the molecule is Cc1ccc(C(=O)CCC(=O)OCc2ccc(C(=O)Nc3ccccc3)cc2)s1. The van der Waals surface area contributed by atoms with E-state index in [9.17, 15) is 14.4 Å². The molecule has 0 fully saturated rings. The highest BCUT2D eigenvalue weighted by atomic mass is 32.1. The quantitative estimate of drug-likeness (QED) is 0.421. The van der Waals surface area contributed by atoms with Crippen molar-refractivity contribution in [2.45, 2.75) is 26.4 Å². The number of benzene rings is 2. The van der Waals surface area contributed by atoms with Crippen LogP contribution < -0.4 is 5.32 Å². The topological polar surface area (TPSA) is 72.5 Å². The molecule has 0 radical (unpaired) electrons. The minimum atomic E-state index is -0.419. The Balaban J connectivity index is 1.44. The number of carbonyl (C=O) groups is 3. The van der Waals surface area contributed by atoms with E-state index >= 15 is 0 Å². The maximum absolute atomic E-state index is 12.2. The fraction of sp³-hybridized carbons (Fsp3) is 0.174. The molecule has 29 heavy (non-hydrogen) atoms. The molecule has 0 bridgehead atoms. The highest BCUT2D eigenvalue weighted by molar-refractivity contribution is 7.14. The molecule has 2 aromatic carbocycles. The van der Waals surface area contributed by atoms with Crippen molar-refractivity contribution in [3.05, 3.63) is 87.6 Å². The first-order valence-electron chi connectivity index (χ1n) is 9.22. The van der Waals surface area contributed by atoms with Crippen LogP contribution in [-0.4, -0.2) is 17.7 Å². The summed E-state index contributed by atoms with van der Waals surface area (Å²) >= 11 is 1.43. The molecule has 0 saturated carbocycles. The van der Waals surface area contributed by atoms with Gasteiger partial charge in [0.05, 0.1) is 11.3 Å². The van der Waals surface area contributed by atoms with Gasteiger partial charge in [-0.05, 0) is 48.9 Å². The predicted octanol–water partition coefficient (Wildman–Crippen LogP) is 5.02. The van der Waals surface area contributed by atoms with Gasteiger partial charge in [-0.15, -0.1) is 11.3 Å². The third-order valence-electron chi connectivity index (χ3n) is 4.22. The molecule has 0 atom stereocenters. The van der Waals surface area contributed by atoms with Gasteiger partial charge in [0, 0.05) is 22.5 Å². The number of esters is 1. The minimum Gasteiger partial charge on any atom is -0.461 e. The van der Waals surface area contributed by atoms with E-state index in [2.05, 4.69) is 5.32 Å². The molecule has 1 aromatic heterocycles. The second-order valence-corrected chi connectivity index (χ2v) is 7.80. The van der Waals surface area contributed by atoms with Gasteiger partial charge in [0.2, 0.25) is 0 Å². The largest absolute Gasteiger partial charge is 0.461 e. The molecule has 3 aromatic rings. The molecule has 0 aliphatic heterocycles. The summed E-state index contributed by atoms with van der Waals surface area (Å²) in [5, 5.41) is 2.81. The zero-order valence-electron chi connectivity index (χ0n) is 16.0. The average Bonchev–Trinajstić information content (AvgIpc) is 3.18. The second-order valence-electron chi connectivity index (χ2n) is 6.51. The predicted molar refractivity (Wildman–Crippen MR) is 113 cm³/mol. The summed E-state index contributed by atoms with van der Waals surface area (Å²) in [6, 6.07) is 19.7. The Kier molecular flexibility index (Phi) is 6.92. The van der Waals surface area contributed by atoms with Crippen LogP contribution in [0.15, 0.2) is 66.7 Å². The van der Waals surface area contributed by atoms with Crippen molar-refractivity contribution in [3.8, 4) is 0 Å². The van der Waals surface area contributed by atoms with Crippen LogP contribution in [0.1, 0.15) is 43.3 Å². The van der Waals surface area contributed by atoms with Gasteiger partial charge in [-0.3, -0.25) is 14.4 Å². The number of ether oxygens (including phenoxy) is 1. The summed E-state index contributed by atoms with van der Waals surface area (Å²) in [7, 11) is 0. The summed E-state index contributed by atoms with van der Waals surface area (Å²) in [6.45, 7) is 2.04. The molecule has 0 unspecified atom stereocenters. The number of anilines is 1. The van der Waals surface area contributed by atoms with Crippen molar-refractivity contribution in [2.24, 2.45) is 0 Å². The molecular weight excluding hydrogens is 386 g/mol. The maximum Gasteiger partial charge on any atom is 0.306 e. The summed E-state index contributed by atoms with van der Waals surface area (Å²) in [6.07, 6.45) is 0.185. The van der Waals surface area contributed by atoms with Crippen LogP contribution in [0.5, 0.6) is 0 Å². The van der Waals surface area contributed by atoms with Crippen LogP contribution >= 0.6 is 11.3 Å². The van der Waals surface area contributed by atoms with Crippen LogP contribution in [0.2, 0.25) is 0 Å². The summed E-state index contributed by atoms with van der Waals surface area (Å²) < 4.78 is 5.23. The molecule has 148 valence electrons. The van der Waals surface area contributed by atoms with Crippen LogP contribution in [0, 0.1) is 6.92 Å². The van der Waals surface area contributed by atoms with Crippen LogP contribution in [-0.2, 0) is 16.1 Å². The number of thiophene rings is 1. The highest BCUT2D eigenvalue weighted by Crippen LogP contribution is 2.18. The number of Topliss-reactive ketones (excluding diaryl/α,β-unsaturated/α-hetero) is 1. The molecule has 3 rings (SSSR count). The lowest BCUT2D eigenvalue weighted by atomic mass is 10.1. The summed E-state index contributed by atoms with van der Waals surface area (Å²) in [4.78, 5) is 37.9. The number of amides is 1. The number of nitrogens with one attached hydrogen (secondary N) is 1. The van der Waals surface area contributed by atoms with Crippen molar-refractivity contribution >= 4 is 34.7 Å². The molecule has 0 saturated heterocycles. The van der Waals surface area contributed by atoms with Gasteiger partial charge in [-0.2, -0.15) is 0 Å². The molecule has 1 heterocycles. The van der Waals surface area contributed by atoms with Gasteiger partial charge < -0.3 is 10.1 Å². The van der Waals surface area contributed by atoms with Gasteiger partial charge >= 0.3 is 5.97 Å². The number of hydrogen-bond acceptors (Lipinski definition) is 5. The number of hydrogen-bond donors (Lipinski definition) is 1. The van der Waals surface area contributed by atoms with Gasteiger partial charge in [-0.1, -0.05) is 30.3 Å². The van der Waals surface area contributed by atoms with Crippen molar-refractivity contribution in [1.29, 1.82) is 0 Å². The first kappa shape index (κ1) is 20.5. The lowest BCUT2D eigenvalue weighted by molar-refractivity contribution is -0.144. The van der Waals surface area contributed by atoms with Gasteiger partial charge in [-0.25, -0.2) is 0 Å². The monoisotopic (exact) mass is 407 g/mol. The Hall–Kier alpha value is -3.25. The normalized spacial score (nSPS) is 10.4. The first-order chi connectivity index (χ1) is 14.0. The molecule has 1 N–H and O–H groups in total. The fourth-order valence-corrected chi connectivity index (χ4v) is 3.47. The summed E-state index contributed by atoms with van der Waals surface area (Å²) in [5.41, 5.74) is 2.01. The number of carbonyl (C=O) groups excluding carboxylic acids is 3. The van der Waals surface area contributed by atoms with E-state index in [1.165, 1.54) is 11.3 Å². The Bertz CT molecular complexity index is 993. The van der Waals surface area contributed by atoms with Crippen molar-refractivity contribution in [3.63, 3.8) is 0 Å². The van der Waals surface area contributed by atoms with Crippen LogP contribution in [0.3, 0.4) is 0 Å². The van der Waals surface area contributed by atoms with E-state index < -0.39 is 5.97 Å². The third kappa shape index (κ3) is 6.12. The molecule has 0 aliphatic carbocycles. The number of para-hydroxylation sites is 1. The van der Waals surface area contributed by atoms with Crippen molar-refractivity contribution < 1.29 is 19.1 Å². The number of aryl methyl sites for hydroxylation is 1. The Morgan fingerprint density at radius 3 is 2.28 bits per heavy atom. The maximum atomic E-state index is 12.2. The fourth-order valence-electron chi connectivity index (χ4n) is 2.64. The van der Waals surface area contributed by atoms with Gasteiger partial charge in [0.25, 0.3) is 5.91 Å². The molecule has 5 nitrogen and oxygen atoms in total. The van der Waals surface area contributed by atoms with E-state index in [4.69, 9.17) is 4.74 Å². The van der Waals surface area contributed by atoms with Gasteiger partial charge in [0.15, 0.2) is 5.78 Å². The van der Waals surface area contributed by atoms with E-state index in [1.807, 2.05) is 43.3 Å². The average molecular weight is 407 g/mol. The lowest BCUT2D eigenvalue weighted by Crippen LogP contribution is -2.12. The van der Waals surface area contributed by atoms with E-state index in [-0.39, 0.29) is 31.1 Å². The molecule has 1 amide bonds. The number of rotatable bonds is 8. The van der Waals surface area contributed by atoms with Crippen molar-refractivity contribution in [2.75, 3.05) is 5.32 Å². The minimum absolute atomic E-state index is 0.0474. The Morgan fingerprint density at radius 2 is 1.62 bits per heavy atom. The zero-order chi connectivity index (χ0) is 20.6. The Labute approximate surface area is 173 Å². The molecular formula is C23H21NO4S. The number of ketones is 1. The molecule has 6 heteroatoms. The summed E-state index contributed by atoms with van der Waals surface area (Å²) in [5.74, 6) is -0.673. The molecule has 0 spiro atoms. The second kappa shape index (κ2) is 9.80. The van der Waals surface area contributed by atoms with Crippen LogP contribution in [0.25, 0.3) is 0 Å². The smallest absolute Gasteiger partial charge is 0.306 e. The molecule has 0 aliphatic rings. The van der Waals surface area contributed by atoms with Crippen LogP contribution in [0.4, 0.5) is 5.69 Å². The Morgan fingerprint density at radius 1 is 0.897 bits per heavy atom. The first-order valence-corrected chi connectivity index (χ1v) is 10.0. The zero-order valence-corrected chi connectivity index (χ0v) is 16.8. The van der Waals surface area contributed by atoms with Crippen molar-refractivity contribution in [1.82, 2.24) is 0 Å². The third-order valence-corrected chi connectivity index (χ3v) is 5.26. The van der Waals surface area contributed by atoms with E-state index in [1.54, 1.807) is 30.3 Å². The van der Waals surface area contributed by atoms with Gasteiger partial charge in [0.1, 0.15) is 6.61 Å². The van der Waals surface area contributed by atoms with E-state index in [0.29, 0.717) is 10.4 Å². The highest BCUT2D eigenvalue weighted by Gasteiger charge is 2.12. The van der Waals surface area contributed by atoms with E-state index in [0.717, 1.165) is 16.1 Å². The lowest BCUT2D eigenvalue weighted by Gasteiger charge is -2.07. The standard InChI is InChI=1S/C23H21NO4S/c1-16-7-13-21(29-16)20(25)12-14-22(26)28-15-17-8-10-18(11-9-17)23(27)24-19-5-3-2-4-6-19/h2-11,13H,12,14-15H2,1H3,(H,24,27).